The highest BCUT2D eigenvalue weighted by Gasteiger charge is 2.17. The lowest BCUT2D eigenvalue weighted by Crippen LogP contribution is -2.00. The van der Waals surface area contributed by atoms with Crippen molar-refractivity contribution >= 4 is 27.5 Å². The van der Waals surface area contributed by atoms with Gasteiger partial charge in [0.25, 0.3) is 0 Å². The third kappa shape index (κ3) is 3.47. The van der Waals surface area contributed by atoms with Crippen molar-refractivity contribution in [3.8, 4) is 11.5 Å². The van der Waals surface area contributed by atoms with Crippen LogP contribution in [0.15, 0.2) is 46.9 Å². The van der Waals surface area contributed by atoms with Crippen LogP contribution in [0, 0.1) is 0 Å². The van der Waals surface area contributed by atoms with Gasteiger partial charge in [0.15, 0.2) is 0 Å². The maximum absolute atomic E-state index is 6.56. The van der Waals surface area contributed by atoms with Gasteiger partial charge in [0.1, 0.15) is 11.5 Å². The molecule has 1 atom stereocenters. The molecule has 2 rings (SSSR count). The second kappa shape index (κ2) is 7.00. The van der Waals surface area contributed by atoms with E-state index in [2.05, 4.69) is 28.1 Å². The van der Waals surface area contributed by atoms with Crippen LogP contribution in [0.3, 0.4) is 0 Å². The molecule has 0 aliphatic carbocycles. The Morgan fingerprint density at radius 3 is 2.30 bits per heavy atom. The van der Waals surface area contributed by atoms with Crippen LogP contribution >= 0.6 is 27.5 Å². The molecular weight excluding hydrogens is 340 g/mol. The summed E-state index contributed by atoms with van der Waals surface area (Å²) < 4.78 is 11.6. The van der Waals surface area contributed by atoms with Crippen LogP contribution in [0.25, 0.3) is 0 Å². The molecule has 0 spiro atoms. The molecule has 0 amide bonds. The van der Waals surface area contributed by atoms with Crippen molar-refractivity contribution in [2.45, 2.75) is 11.8 Å². The highest BCUT2D eigenvalue weighted by atomic mass is 79.9. The summed E-state index contributed by atoms with van der Waals surface area (Å²) in [6.45, 7) is 0. The molecule has 20 heavy (non-hydrogen) atoms. The second-order valence-corrected chi connectivity index (χ2v) is 5.77. The highest BCUT2D eigenvalue weighted by molar-refractivity contribution is 9.10. The average Bonchev–Trinajstić information content (AvgIpc) is 2.47. The molecule has 1 unspecified atom stereocenters. The zero-order valence-corrected chi connectivity index (χ0v) is 13.7. The fourth-order valence-electron chi connectivity index (χ4n) is 2.06. The van der Waals surface area contributed by atoms with E-state index < -0.39 is 0 Å². The smallest absolute Gasteiger partial charge is 0.133 e. The number of rotatable bonds is 5. The van der Waals surface area contributed by atoms with Gasteiger partial charge in [-0.05, 0) is 40.0 Å². The van der Waals surface area contributed by atoms with E-state index in [1.165, 1.54) is 5.56 Å². The van der Waals surface area contributed by atoms with Gasteiger partial charge in [-0.1, -0.05) is 30.3 Å². The summed E-state index contributed by atoms with van der Waals surface area (Å²) in [6.07, 6.45) is 0.740. The van der Waals surface area contributed by atoms with Gasteiger partial charge < -0.3 is 9.47 Å². The molecule has 0 aromatic heterocycles. The van der Waals surface area contributed by atoms with Gasteiger partial charge in [0, 0.05) is 5.56 Å². The van der Waals surface area contributed by atoms with Crippen molar-refractivity contribution < 1.29 is 9.47 Å². The fourth-order valence-corrected chi connectivity index (χ4v) is 2.89. The summed E-state index contributed by atoms with van der Waals surface area (Å²) in [5, 5.41) is -0.172. The van der Waals surface area contributed by atoms with Gasteiger partial charge in [-0.25, -0.2) is 0 Å². The quantitative estimate of drug-likeness (QED) is 0.704. The predicted molar refractivity (Wildman–Crippen MR) is 86.0 cm³/mol. The largest absolute Gasteiger partial charge is 0.496 e. The standard InChI is InChI=1S/C16H16BrClO2/c1-19-15-10-13(17)16(20-2)9-12(15)14(18)8-11-6-4-3-5-7-11/h3-7,9-10,14H,8H2,1-2H3. The molecule has 0 aliphatic heterocycles. The normalized spacial score (nSPS) is 12.0. The van der Waals surface area contributed by atoms with E-state index in [-0.39, 0.29) is 5.38 Å². The van der Waals surface area contributed by atoms with Gasteiger partial charge >= 0.3 is 0 Å². The van der Waals surface area contributed by atoms with Crippen molar-refractivity contribution in [2.75, 3.05) is 14.2 Å². The number of ether oxygens (including phenoxy) is 2. The maximum atomic E-state index is 6.56. The minimum Gasteiger partial charge on any atom is -0.496 e. The summed E-state index contributed by atoms with van der Waals surface area (Å²) >= 11 is 10.0. The third-order valence-electron chi connectivity index (χ3n) is 3.10. The zero-order valence-electron chi connectivity index (χ0n) is 11.4. The first-order valence-electron chi connectivity index (χ1n) is 6.25. The van der Waals surface area contributed by atoms with Gasteiger partial charge in [0.05, 0.1) is 24.1 Å². The van der Waals surface area contributed by atoms with Gasteiger partial charge in [-0.3, -0.25) is 0 Å². The second-order valence-electron chi connectivity index (χ2n) is 4.39. The minimum atomic E-state index is -0.172. The first-order valence-corrected chi connectivity index (χ1v) is 7.48. The number of hydrogen-bond acceptors (Lipinski definition) is 2. The molecule has 0 bridgehead atoms. The van der Waals surface area contributed by atoms with Gasteiger partial charge in [0.2, 0.25) is 0 Å². The van der Waals surface area contributed by atoms with Crippen LogP contribution < -0.4 is 9.47 Å². The first kappa shape index (κ1) is 15.2. The topological polar surface area (TPSA) is 18.5 Å². The zero-order chi connectivity index (χ0) is 14.5. The number of hydrogen-bond donors (Lipinski definition) is 0. The Morgan fingerprint density at radius 1 is 1.05 bits per heavy atom. The molecule has 0 saturated heterocycles. The van der Waals surface area contributed by atoms with E-state index in [0.29, 0.717) is 0 Å². The number of halogens is 2. The van der Waals surface area contributed by atoms with Gasteiger partial charge in [-0.15, -0.1) is 11.6 Å². The SMILES string of the molecule is COc1cc(C(Cl)Cc2ccccc2)c(OC)cc1Br. The molecule has 0 fully saturated rings. The van der Waals surface area contributed by atoms with Crippen LogP contribution in [0.5, 0.6) is 11.5 Å². The minimum absolute atomic E-state index is 0.172. The monoisotopic (exact) mass is 354 g/mol. The molecule has 2 aromatic carbocycles. The predicted octanol–water partition coefficient (Wildman–Crippen LogP) is 4.99. The Balaban J connectivity index is 2.30. The van der Waals surface area contributed by atoms with Crippen molar-refractivity contribution in [3.63, 3.8) is 0 Å². The number of methoxy groups -OCH3 is 2. The molecule has 106 valence electrons. The highest BCUT2D eigenvalue weighted by Crippen LogP contribution is 2.39. The van der Waals surface area contributed by atoms with Crippen LogP contribution in [0.1, 0.15) is 16.5 Å². The Bertz CT molecular complexity index is 572. The molecule has 2 nitrogen and oxygen atoms in total. The van der Waals surface area contributed by atoms with E-state index in [1.54, 1.807) is 14.2 Å². The van der Waals surface area contributed by atoms with Crippen LogP contribution in [-0.4, -0.2) is 14.2 Å². The van der Waals surface area contributed by atoms with E-state index in [4.69, 9.17) is 21.1 Å². The lowest BCUT2D eigenvalue weighted by Gasteiger charge is -2.16. The molecule has 0 radical (unpaired) electrons. The van der Waals surface area contributed by atoms with Gasteiger partial charge in [-0.2, -0.15) is 0 Å². The van der Waals surface area contributed by atoms with E-state index in [9.17, 15) is 0 Å². The van der Waals surface area contributed by atoms with Crippen molar-refractivity contribution in [3.05, 3.63) is 58.1 Å². The molecular formula is C16H16BrClO2. The van der Waals surface area contributed by atoms with E-state index in [1.807, 2.05) is 30.3 Å². The van der Waals surface area contributed by atoms with Crippen molar-refractivity contribution in [1.82, 2.24) is 0 Å². The van der Waals surface area contributed by atoms with Crippen molar-refractivity contribution in [1.29, 1.82) is 0 Å². The third-order valence-corrected chi connectivity index (χ3v) is 4.11. The van der Waals surface area contributed by atoms with E-state index >= 15 is 0 Å². The summed E-state index contributed by atoms with van der Waals surface area (Å²) in [6, 6.07) is 14.0. The number of benzene rings is 2. The summed E-state index contributed by atoms with van der Waals surface area (Å²) in [4.78, 5) is 0. The molecule has 2 aromatic rings. The maximum Gasteiger partial charge on any atom is 0.133 e. The summed E-state index contributed by atoms with van der Waals surface area (Å²) in [5.74, 6) is 1.51. The van der Waals surface area contributed by atoms with Crippen molar-refractivity contribution in [2.24, 2.45) is 0 Å². The Morgan fingerprint density at radius 2 is 1.70 bits per heavy atom. The summed E-state index contributed by atoms with van der Waals surface area (Å²) in [7, 11) is 3.28. The molecule has 0 heterocycles. The first-order chi connectivity index (χ1) is 9.65. The average molecular weight is 356 g/mol. The molecule has 0 N–H and O–H groups in total. The Hall–Kier alpha value is -1.19. The Labute approximate surface area is 132 Å². The van der Waals surface area contributed by atoms with Crippen LogP contribution in [0.4, 0.5) is 0 Å². The van der Waals surface area contributed by atoms with Crippen LogP contribution in [-0.2, 0) is 6.42 Å². The van der Waals surface area contributed by atoms with Crippen LogP contribution in [0.2, 0.25) is 0 Å². The Kier molecular flexibility index (Phi) is 5.32. The van der Waals surface area contributed by atoms with E-state index in [0.717, 1.165) is 28.0 Å². The molecule has 0 aliphatic rings. The fraction of sp³-hybridized carbons (Fsp3) is 0.250. The lowest BCUT2D eigenvalue weighted by atomic mass is 10.0. The summed E-state index contributed by atoms with van der Waals surface area (Å²) in [5.41, 5.74) is 2.12. The molecule has 4 heteroatoms. The lowest BCUT2D eigenvalue weighted by molar-refractivity contribution is 0.396. The molecule has 0 saturated carbocycles. The number of alkyl halides is 1.